The molecule has 4 nitrogen and oxygen atoms in total. The molecule has 0 atom stereocenters. The van der Waals surface area contributed by atoms with E-state index in [0.29, 0.717) is 12.6 Å². The van der Waals surface area contributed by atoms with E-state index in [1.54, 1.807) is 12.1 Å². The lowest BCUT2D eigenvalue weighted by Gasteiger charge is -2.08. The van der Waals surface area contributed by atoms with Crippen molar-refractivity contribution in [1.29, 1.82) is 0 Å². The van der Waals surface area contributed by atoms with Gasteiger partial charge in [0.15, 0.2) is 24.1 Å². The van der Waals surface area contributed by atoms with E-state index in [-0.39, 0.29) is 11.5 Å². The molecule has 0 saturated heterocycles. The zero-order valence-electron chi connectivity index (χ0n) is 6.71. The topological polar surface area (TPSA) is 63.6 Å². The number of phenolic OH excluding ortho intramolecular Hbond substituents is 1. The van der Waals surface area contributed by atoms with Crippen molar-refractivity contribution in [3.63, 3.8) is 0 Å². The fourth-order valence-electron chi connectivity index (χ4n) is 0.791. The molecule has 1 N–H and O–H groups in total. The Morgan fingerprint density at radius 3 is 2.38 bits per heavy atom. The van der Waals surface area contributed by atoms with Crippen LogP contribution in [0.25, 0.3) is 0 Å². The van der Waals surface area contributed by atoms with Crippen molar-refractivity contribution in [1.82, 2.24) is 0 Å². The van der Waals surface area contributed by atoms with E-state index in [0.717, 1.165) is 0 Å². The predicted octanol–water partition coefficient (Wildman–Crippen LogP) is 0.537. The molecule has 1 rings (SSSR count). The Morgan fingerprint density at radius 1 is 1.23 bits per heavy atom. The van der Waals surface area contributed by atoms with E-state index >= 15 is 0 Å². The molecule has 1 aromatic carbocycles. The first-order valence-electron chi connectivity index (χ1n) is 3.63. The second-order valence-corrected chi connectivity index (χ2v) is 2.32. The molecule has 0 heterocycles. The second kappa shape index (κ2) is 4.25. The van der Waals surface area contributed by atoms with Crippen LogP contribution in [0, 0.1) is 0 Å². The van der Waals surface area contributed by atoms with Crippen LogP contribution in [0.2, 0.25) is 0 Å². The first kappa shape index (κ1) is 9.25. The van der Waals surface area contributed by atoms with Crippen molar-refractivity contribution in [2.45, 2.75) is 6.10 Å². The minimum Gasteiger partial charge on any atom is -0.504 e. The Bertz CT molecular complexity index is 300. The van der Waals surface area contributed by atoms with Crippen molar-refractivity contribution in [3.05, 3.63) is 24.3 Å². The molecule has 68 valence electrons. The van der Waals surface area contributed by atoms with Crippen molar-refractivity contribution in [3.8, 4) is 11.5 Å². The lowest BCUT2D eigenvalue weighted by Crippen LogP contribution is -2.19. The summed E-state index contributed by atoms with van der Waals surface area (Å²) in [5.41, 5.74) is 0. The van der Waals surface area contributed by atoms with Crippen LogP contribution < -0.4 is 4.74 Å². The number of hydrogen-bond donors (Lipinski definition) is 1. The molecule has 0 aliphatic rings. The summed E-state index contributed by atoms with van der Waals surface area (Å²) in [5.74, 6) is 0.0166. The first-order chi connectivity index (χ1) is 6.27. The molecular formula is C9H8O4. The molecule has 0 spiro atoms. The van der Waals surface area contributed by atoms with Gasteiger partial charge in [-0.05, 0) is 12.1 Å². The molecule has 0 aromatic heterocycles. The van der Waals surface area contributed by atoms with Gasteiger partial charge in [0, 0.05) is 0 Å². The summed E-state index contributed by atoms with van der Waals surface area (Å²) in [7, 11) is 0. The molecule has 0 bridgehead atoms. The van der Waals surface area contributed by atoms with Gasteiger partial charge in [0.1, 0.15) is 0 Å². The van der Waals surface area contributed by atoms with Gasteiger partial charge in [-0.1, -0.05) is 12.1 Å². The van der Waals surface area contributed by atoms with Crippen molar-refractivity contribution < 1.29 is 19.4 Å². The van der Waals surface area contributed by atoms with Gasteiger partial charge in [-0.15, -0.1) is 0 Å². The van der Waals surface area contributed by atoms with E-state index < -0.39 is 6.10 Å². The van der Waals surface area contributed by atoms with Gasteiger partial charge in [0.05, 0.1) is 0 Å². The monoisotopic (exact) mass is 180 g/mol. The molecule has 0 fully saturated rings. The first-order valence-corrected chi connectivity index (χ1v) is 3.63. The fraction of sp³-hybridized carbons (Fsp3) is 0.111. The highest BCUT2D eigenvalue weighted by molar-refractivity contribution is 5.81. The largest absolute Gasteiger partial charge is 0.504 e. The number of para-hydroxylation sites is 2. The Hall–Kier alpha value is -1.84. The van der Waals surface area contributed by atoms with Gasteiger partial charge in [-0.25, -0.2) is 0 Å². The third-order valence-corrected chi connectivity index (χ3v) is 1.40. The van der Waals surface area contributed by atoms with Crippen molar-refractivity contribution in [2.24, 2.45) is 0 Å². The van der Waals surface area contributed by atoms with Crippen LogP contribution >= 0.6 is 0 Å². The van der Waals surface area contributed by atoms with Crippen molar-refractivity contribution >= 4 is 12.6 Å². The number of ether oxygens (including phenoxy) is 1. The number of rotatable bonds is 4. The van der Waals surface area contributed by atoms with E-state index in [4.69, 9.17) is 4.74 Å². The zero-order chi connectivity index (χ0) is 9.68. The molecule has 0 radical (unpaired) electrons. The average molecular weight is 180 g/mol. The highest BCUT2D eigenvalue weighted by Crippen LogP contribution is 2.24. The van der Waals surface area contributed by atoms with Crippen LogP contribution in [0.4, 0.5) is 0 Å². The zero-order valence-corrected chi connectivity index (χ0v) is 6.71. The number of carbonyl (C=O) groups is 2. The second-order valence-electron chi connectivity index (χ2n) is 2.32. The summed E-state index contributed by atoms with van der Waals surface area (Å²) >= 11 is 0. The van der Waals surface area contributed by atoms with Gasteiger partial charge in [-0.3, -0.25) is 9.59 Å². The maximum absolute atomic E-state index is 10.2. The molecule has 0 amide bonds. The smallest absolute Gasteiger partial charge is 0.208 e. The molecule has 0 saturated carbocycles. The minimum atomic E-state index is -1.16. The van der Waals surface area contributed by atoms with E-state index in [9.17, 15) is 14.7 Å². The van der Waals surface area contributed by atoms with Gasteiger partial charge >= 0.3 is 0 Å². The maximum Gasteiger partial charge on any atom is 0.208 e. The Labute approximate surface area is 74.8 Å². The van der Waals surface area contributed by atoms with Crippen LogP contribution in [-0.2, 0) is 9.59 Å². The summed E-state index contributed by atoms with van der Waals surface area (Å²) in [4.78, 5) is 20.4. The maximum atomic E-state index is 10.2. The van der Waals surface area contributed by atoms with E-state index in [1.807, 2.05) is 0 Å². The molecule has 1 aromatic rings. The molecule has 4 heteroatoms. The van der Waals surface area contributed by atoms with Crippen LogP contribution in [-0.4, -0.2) is 23.8 Å². The lowest BCUT2D eigenvalue weighted by molar-refractivity contribution is -0.122. The van der Waals surface area contributed by atoms with E-state index in [1.165, 1.54) is 12.1 Å². The lowest BCUT2D eigenvalue weighted by atomic mass is 10.3. The summed E-state index contributed by atoms with van der Waals surface area (Å²) in [6, 6.07) is 6.11. The number of hydrogen-bond acceptors (Lipinski definition) is 4. The molecule has 13 heavy (non-hydrogen) atoms. The van der Waals surface area contributed by atoms with Crippen LogP contribution in [0.15, 0.2) is 24.3 Å². The quantitative estimate of drug-likeness (QED) is 0.542. The Balaban J connectivity index is 2.78. The van der Waals surface area contributed by atoms with Gasteiger partial charge < -0.3 is 9.84 Å². The van der Waals surface area contributed by atoms with Crippen LogP contribution in [0.1, 0.15) is 0 Å². The van der Waals surface area contributed by atoms with Crippen LogP contribution in [0.5, 0.6) is 11.5 Å². The average Bonchev–Trinajstić information content (AvgIpc) is 2.17. The van der Waals surface area contributed by atoms with Gasteiger partial charge in [0.2, 0.25) is 6.10 Å². The van der Waals surface area contributed by atoms with Crippen LogP contribution in [0.3, 0.4) is 0 Å². The summed E-state index contributed by atoms with van der Waals surface area (Å²) in [6.45, 7) is 0. The van der Waals surface area contributed by atoms with Gasteiger partial charge in [0.25, 0.3) is 0 Å². The number of aldehydes is 2. The summed E-state index contributed by atoms with van der Waals surface area (Å²) < 4.78 is 4.86. The SMILES string of the molecule is O=CC(C=O)Oc1ccccc1O. The summed E-state index contributed by atoms with van der Waals surface area (Å²) in [5, 5.41) is 9.19. The normalized spacial score (nSPS) is 9.62. The molecular weight excluding hydrogens is 172 g/mol. The molecule has 0 unspecified atom stereocenters. The number of aromatic hydroxyl groups is 1. The standard InChI is InChI=1S/C9H8O4/c10-5-7(6-11)13-9-4-2-1-3-8(9)12/h1-7,12H. The predicted molar refractivity (Wildman–Crippen MR) is 44.7 cm³/mol. The Morgan fingerprint density at radius 2 is 1.85 bits per heavy atom. The number of phenols is 1. The molecule has 0 aliphatic carbocycles. The highest BCUT2D eigenvalue weighted by atomic mass is 16.5. The van der Waals surface area contributed by atoms with Crippen molar-refractivity contribution in [2.75, 3.05) is 0 Å². The third-order valence-electron chi connectivity index (χ3n) is 1.40. The third kappa shape index (κ3) is 2.30. The number of benzene rings is 1. The summed E-state index contributed by atoms with van der Waals surface area (Å²) in [6.07, 6.45) is -0.438. The van der Waals surface area contributed by atoms with Gasteiger partial charge in [-0.2, -0.15) is 0 Å². The molecule has 0 aliphatic heterocycles. The minimum absolute atomic E-state index is 0.101. The Kier molecular flexibility index (Phi) is 3.03. The highest BCUT2D eigenvalue weighted by Gasteiger charge is 2.09. The number of carbonyl (C=O) groups excluding carboxylic acids is 2. The fourth-order valence-corrected chi connectivity index (χ4v) is 0.791. The van der Waals surface area contributed by atoms with E-state index in [2.05, 4.69) is 0 Å².